The lowest BCUT2D eigenvalue weighted by Crippen LogP contribution is -2.24. The Bertz CT molecular complexity index is 518. The molecule has 0 saturated heterocycles. The average Bonchev–Trinajstić information content (AvgIpc) is 2.52. The van der Waals surface area contributed by atoms with Crippen molar-refractivity contribution in [2.75, 3.05) is 13.7 Å². The summed E-state index contributed by atoms with van der Waals surface area (Å²) in [5.41, 5.74) is 0.846. The lowest BCUT2D eigenvalue weighted by molar-refractivity contribution is -0.00909. The van der Waals surface area contributed by atoms with Gasteiger partial charge in [-0.1, -0.05) is 37.6 Å². The van der Waals surface area contributed by atoms with Gasteiger partial charge in [0.25, 0.3) is 0 Å². The molecule has 1 aromatic carbocycles. The second-order valence-electron chi connectivity index (χ2n) is 6.51. The van der Waals surface area contributed by atoms with Crippen LogP contribution >= 0.6 is 0 Å². The molecule has 0 fully saturated rings. The predicted molar refractivity (Wildman–Crippen MR) is 96.9 cm³/mol. The quantitative estimate of drug-likeness (QED) is 0.602. The molecular formula is C20H30O3. The van der Waals surface area contributed by atoms with E-state index in [0.717, 1.165) is 24.8 Å². The lowest BCUT2D eigenvalue weighted by atomic mass is 9.97. The minimum atomic E-state index is -0.127. The predicted octanol–water partition coefficient (Wildman–Crippen LogP) is 5.20. The van der Waals surface area contributed by atoms with Crippen molar-refractivity contribution in [3.63, 3.8) is 0 Å². The Kier molecular flexibility index (Phi) is 7.90. The fraction of sp³-hybridized carbons (Fsp3) is 0.500. The van der Waals surface area contributed by atoms with Crippen LogP contribution < -0.4 is 4.74 Å². The van der Waals surface area contributed by atoms with Crippen LogP contribution in [0.15, 0.2) is 36.9 Å². The van der Waals surface area contributed by atoms with Crippen molar-refractivity contribution in [3.05, 3.63) is 42.5 Å². The summed E-state index contributed by atoms with van der Waals surface area (Å²) in [4.78, 5) is 0. The molecule has 23 heavy (non-hydrogen) atoms. The van der Waals surface area contributed by atoms with Gasteiger partial charge >= 0.3 is 0 Å². The number of benzene rings is 1. The van der Waals surface area contributed by atoms with Crippen LogP contribution in [-0.2, 0) is 4.74 Å². The third kappa shape index (κ3) is 7.38. The molecule has 0 aliphatic heterocycles. The number of hydrogen-bond donors (Lipinski definition) is 1. The standard InChI is InChI=1S/C20H30O3/c1-6-16(2)9-7-13-20(3,4)23-14-8-10-17-11-12-18(21)19(15-17)22-5/h6,8,10-12,15-16,21H,1,7,9,13-14H2,2-5H3/b10-8+. The second-order valence-corrected chi connectivity index (χ2v) is 6.51. The van der Waals surface area contributed by atoms with Gasteiger partial charge in [0.05, 0.1) is 19.3 Å². The van der Waals surface area contributed by atoms with E-state index in [-0.39, 0.29) is 11.4 Å². The van der Waals surface area contributed by atoms with Gasteiger partial charge in [-0.15, -0.1) is 6.58 Å². The Morgan fingerprint density at radius 1 is 1.35 bits per heavy atom. The summed E-state index contributed by atoms with van der Waals surface area (Å²) in [5, 5.41) is 9.57. The van der Waals surface area contributed by atoms with Crippen LogP contribution in [0.2, 0.25) is 0 Å². The second kappa shape index (κ2) is 9.41. The molecule has 1 atom stereocenters. The SMILES string of the molecule is C=CC(C)CCCC(C)(C)OC/C=C/c1ccc(O)c(OC)c1. The number of phenolic OH excluding ortho intramolecular Hbond substituents is 1. The summed E-state index contributed by atoms with van der Waals surface area (Å²) in [6.07, 6.45) is 9.28. The lowest BCUT2D eigenvalue weighted by Gasteiger charge is -2.25. The number of methoxy groups -OCH3 is 1. The Hall–Kier alpha value is -1.74. The maximum Gasteiger partial charge on any atom is 0.161 e. The molecule has 0 amide bonds. The van der Waals surface area contributed by atoms with Crippen molar-refractivity contribution in [3.8, 4) is 11.5 Å². The molecule has 3 nitrogen and oxygen atoms in total. The normalized spacial score (nSPS) is 13.2. The van der Waals surface area contributed by atoms with Gasteiger partial charge in [-0.2, -0.15) is 0 Å². The summed E-state index contributed by atoms with van der Waals surface area (Å²) in [6.45, 7) is 10.8. The minimum absolute atomic E-state index is 0.127. The maximum absolute atomic E-state index is 9.57. The molecule has 1 rings (SSSR count). The van der Waals surface area contributed by atoms with Crippen molar-refractivity contribution in [1.82, 2.24) is 0 Å². The molecule has 1 unspecified atom stereocenters. The monoisotopic (exact) mass is 318 g/mol. The average molecular weight is 318 g/mol. The highest BCUT2D eigenvalue weighted by Crippen LogP contribution is 2.26. The van der Waals surface area contributed by atoms with Crippen LogP contribution in [0.3, 0.4) is 0 Å². The Morgan fingerprint density at radius 3 is 2.74 bits per heavy atom. The van der Waals surface area contributed by atoms with Gasteiger partial charge in [-0.05, 0) is 50.3 Å². The molecule has 1 N–H and O–H groups in total. The fourth-order valence-electron chi connectivity index (χ4n) is 2.30. The number of ether oxygens (including phenoxy) is 2. The largest absolute Gasteiger partial charge is 0.504 e. The van der Waals surface area contributed by atoms with Gasteiger partial charge in [0.2, 0.25) is 0 Å². The van der Waals surface area contributed by atoms with E-state index in [1.165, 1.54) is 0 Å². The van der Waals surface area contributed by atoms with E-state index in [2.05, 4.69) is 27.4 Å². The van der Waals surface area contributed by atoms with E-state index in [9.17, 15) is 5.11 Å². The molecule has 3 heteroatoms. The molecule has 0 heterocycles. The molecular weight excluding hydrogens is 288 g/mol. The van der Waals surface area contributed by atoms with Crippen molar-refractivity contribution >= 4 is 6.08 Å². The number of hydrogen-bond acceptors (Lipinski definition) is 3. The first-order valence-electron chi connectivity index (χ1n) is 8.18. The third-order valence-corrected chi connectivity index (χ3v) is 3.93. The zero-order valence-corrected chi connectivity index (χ0v) is 14.8. The van der Waals surface area contributed by atoms with Gasteiger partial charge in [-0.3, -0.25) is 0 Å². The summed E-state index contributed by atoms with van der Waals surface area (Å²) in [5.74, 6) is 1.19. The zero-order chi connectivity index (χ0) is 17.3. The first-order valence-corrected chi connectivity index (χ1v) is 8.18. The first-order chi connectivity index (χ1) is 10.9. The Morgan fingerprint density at radius 2 is 2.09 bits per heavy atom. The topological polar surface area (TPSA) is 38.7 Å². The molecule has 0 aliphatic rings. The van der Waals surface area contributed by atoms with E-state index in [4.69, 9.17) is 9.47 Å². The fourth-order valence-corrected chi connectivity index (χ4v) is 2.30. The van der Waals surface area contributed by atoms with Crippen LogP contribution in [0.4, 0.5) is 0 Å². The number of allylic oxidation sites excluding steroid dienone is 1. The smallest absolute Gasteiger partial charge is 0.161 e. The van der Waals surface area contributed by atoms with Gasteiger partial charge in [0.1, 0.15) is 0 Å². The summed E-state index contributed by atoms with van der Waals surface area (Å²) in [6, 6.07) is 5.27. The first kappa shape index (κ1) is 19.3. The number of rotatable bonds is 10. The van der Waals surface area contributed by atoms with Gasteiger partial charge in [0, 0.05) is 0 Å². The van der Waals surface area contributed by atoms with Crippen LogP contribution in [0.25, 0.3) is 6.08 Å². The molecule has 0 bridgehead atoms. The van der Waals surface area contributed by atoms with Crippen LogP contribution in [-0.4, -0.2) is 24.4 Å². The van der Waals surface area contributed by atoms with Gasteiger partial charge < -0.3 is 14.6 Å². The zero-order valence-electron chi connectivity index (χ0n) is 14.8. The highest BCUT2D eigenvalue weighted by Gasteiger charge is 2.17. The Balaban J connectivity index is 2.41. The van der Waals surface area contributed by atoms with Gasteiger partial charge in [-0.25, -0.2) is 0 Å². The third-order valence-electron chi connectivity index (χ3n) is 3.93. The molecule has 1 aromatic rings. The highest BCUT2D eigenvalue weighted by atomic mass is 16.5. The number of aromatic hydroxyl groups is 1. The minimum Gasteiger partial charge on any atom is -0.504 e. The van der Waals surface area contributed by atoms with E-state index < -0.39 is 0 Å². The Labute approximate surface area is 140 Å². The molecule has 0 aromatic heterocycles. The van der Waals surface area contributed by atoms with E-state index in [0.29, 0.717) is 18.3 Å². The maximum atomic E-state index is 9.57. The van der Waals surface area contributed by atoms with Crippen molar-refractivity contribution in [2.24, 2.45) is 5.92 Å². The van der Waals surface area contributed by atoms with E-state index in [1.807, 2.05) is 24.3 Å². The van der Waals surface area contributed by atoms with Gasteiger partial charge in [0.15, 0.2) is 11.5 Å². The summed E-state index contributed by atoms with van der Waals surface area (Å²) < 4.78 is 11.1. The van der Waals surface area contributed by atoms with E-state index in [1.54, 1.807) is 19.2 Å². The van der Waals surface area contributed by atoms with Crippen LogP contribution in [0, 0.1) is 5.92 Å². The molecule has 0 aliphatic carbocycles. The summed E-state index contributed by atoms with van der Waals surface area (Å²) in [7, 11) is 1.54. The number of phenols is 1. The van der Waals surface area contributed by atoms with E-state index >= 15 is 0 Å². The van der Waals surface area contributed by atoms with Crippen molar-refractivity contribution < 1.29 is 14.6 Å². The molecule has 0 radical (unpaired) electrons. The van der Waals surface area contributed by atoms with Crippen LogP contribution in [0.5, 0.6) is 11.5 Å². The van der Waals surface area contributed by atoms with Crippen molar-refractivity contribution in [1.29, 1.82) is 0 Å². The highest BCUT2D eigenvalue weighted by molar-refractivity contribution is 5.55. The van der Waals surface area contributed by atoms with Crippen LogP contribution in [0.1, 0.15) is 45.6 Å². The molecule has 0 spiro atoms. The van der Waals surface area contributed by atoms with Crippen molar-refractivity contribution in [2.45, 2.75) is 45.6 Å². The molecule has 0 saturated carbocycles. The summed E-state index contributed by atoms with van der Waals surface area (Å²) >= 11 is 0. The molecule has 128 valence electrons.